The number of pyridine rings is 2. The van der Waals surface area contributed by atoms with E-state index in [1.54, 1.807) is 26.1 Å². The summed E-state index contributed by atoms with van der Waals surface area (Å²) < 4.78 is 14.3. The maximum atomic E-state index is 14.3. The van der Waals surface area contributed by atoms with Crippen LogP contribution in [-0.2, 0) is 0 Å². The van der Waals surface area contributed by atoms with Gasteiger partial charge in [0.1, 0.15) is 5.82 Å². The van der Waals surface area contributed by atoms with Crippen LogP contribution in [-0.4, -0.2) is 25.8 Å². The number of carbonyl (C=O) groups excluding carboxylic acids is 1. The predicted molar refractivity (Wildman–Crippen MR) is 137 cm³/mol. The highest BCUT2D eigenvalue weighted by molar-refractivity contribution is 5.98. The van der Waals surface area contributed by atoms with Crippen LogP contribution in [0.25, 0.3) is 33.4 Å². The van der Waals surface area contributed by atoms with E-state index in [1.807, 2.05) is 60.7 Å². The average molecular weight is 479 g/mol. The highest BCUT2D eigenvalue weighted by atomic mass is 19.1. The van der Waals surface area contributed by atoms with E-state index in [0.29, 0.717) is 17.1 Å². The fraction of sp³-hybridized carbons (Fsp3) is 0.107. The number of amides is 1. The number of fused-ring (bicyclic) bond motifs is 1. The van der Waals surface area contributed by atoms with E-state index < -0.39 is 17.8 Å². The first-order chi connectivity index (χ1) is 17.4. The molecule has 1 unspecified atom stereocenters. The molecule has 0 aliphatic carbocycles. The molecule has 8 heteroatoms. The average Bonchev–Trinajstić information content (AvgIpc) is 2.90. The lowest BCUT2D eigenvalue weighted by atomic mass is 10.0. The first-order valence-electron chi connectivity index (χ1n) is 11.4. The minimum atomic E-state index is -0.706. The molecule has 7 nitrogen and oxygen atoms in total. The van der Waals surface area contributed by atoms with E-state index in [4.69, 9.17) is 5.73 Å². The third kappa shape index (κ3) is 4.48. The number of rotatable bonds is 5. The summed E-state index contributed by atoms with van der Waals surface area (Å²) in [6, 6.07) is 21.3. The maximum Gasteiger partial charge on any atom is 0.274 e. The monoisotopic (exact) mass is 478 g/mol. The second-order valence-electron chi connectivity index (χ2n) is 8.45. The second-order valence-corrected chi connectivity index (χ2v) is 8.45. The molecule has 36 heavy (non-hydrogen) atoms. The molecule has 0 spiro atoms. The van der Waals surface area contributed by atoms with Gasteiger partial charge in [-0.15, -0.1) is 0 Å². The molecule has 178 valence electrons. The van der Waals surface area contributed by atoms with E-state index in [0.717, 1.165) is 22.0 Å². The summed E-state index contributed by atoms with van der Waals surface area (Å²) in [6.07, 6.45) is 1.73. The Morgan fingerprint density at radius 1 is 0.917 bits per heavy atom. The van der Waals surface area contributed by atoms with E-state index in [1.165, 1.54) is 6.07 Å². The molecule has 0 aliphatic rings. The third-order valence-electron chi connectivity index (χ3n) is 5.83. The molecule has 3 N–H and O–H groups in total. The van der Waals surface area contributed by atoms with E-state index in [9.17, 15) is 9.18 Å². The number of nitrogens with one attached hydrogen (secondary N) is 1. The second kappa shape index (κ2) is 9.50. The standard InChI is InChI=1S/C28H23FN6O/c1-16-10-12-21(29)23(32-16)17(2)33-28(36)26-27(30)35-24(18-7-4-3-5-8-18)25(34-26)20-11-13-22-19(15-20)9-6-14-31-22/h3-15,17H,1-2H3,(H2,30,35)(H,33,36). The fourth-order valence-electron chi connectivity index (χ4n) is 4.03. The number of hydrogen-bond acceptors (Lipinski definition) is 6. The van der Waals surface area contributed by atoms with Gasteiger partial charge in [-0.3, -0.25) is 14.8 Å². The van der Waals surface area contributed by atoms with Crippen molar-refractivity contribution in [2.45, 2.75) is 19.9 Å². The molecule has 0 fully saturated rings. The minimum Gasteiger partial charge on any atom is -0.382 e. The number of aryl methyl sites for hydroxylation is 1. The number of anilines is 1. The Hall–Kier alpha value is -4.72. The van der Waals surface area contributed by atoms with Crippen LogP contribution in [0.1, 0.15) is 34.8 Å². The van der Waals surface area contributed by atoms with Crippen LogP contribution < -0.4 is 11.1 Å². The SMILES string of the molecule is Cc1ccc(F)c(C(C)NC(=O)c2nc(-c3ccc4ncccc4c3)c(-c3ccccc3)nc2N)n1. The van der Waals surface area contributed by atoms with Gasteiger partial charge in [0, 0.05) is 28.4 Å². The molecule has 0 saturated heterocycles. The zero-order chi connectivity index (χ0) is 25.2. The fourth-order valence-corrected chi connectivity index (χ4v) is 4.03. The lowest BCUT2D eigenvalue weighted by Gasteiger charge is -2.17. The van der Waals surface area contributed by atoms with Gasteiger partial charge in [0.25, 0.3) is 5.91 Å². The molecule has 5 rings (SSSR count). The van der Waals surface area contributed by atoms with Crippen molar-refractivity contribution in [2.24, 2.45) is 0 Å². The van der Waals surface area contributed by atoms with Crippen LogP contribution in [0, 0.1) is 12.7 Å². The summed E-state index contributed by atoms with van der Waals surface area (Å²) in [5.74, 6) is -1.10. The summed E-state index contributed by atoms with van der Waals surface area (Å²) in [7, 11) is 0. The zero-order valence-electron chi connectivity index (χ0n) is 19.7. The van der Waals surface area contributed by atoms with Crippen molar-refractivity contribution in [3.05, 3.63) is 102 Å². The summed E-state index contributed by atoms with van der Waals surface area (Å²) in [5.41, 5.74) is 10.4. The molecular formula is C28H23FN6O. The molecule has 0 aliphatic heterocycles. The number of nitrogens with zero attached hydrogens (tertiary/aromatic N) is 4. The first-order valence-corrected chi connectivity index (χ1v) is 11.4. The molecule has 0 bridgehead atoms. The smallest absolute Gasteiger partial charge is 0.274 e. The van der Waals surface area contributed by atoms with E-state index in [2.05, 4.69) is 25.3 Å². The van der Waals surface area contributed by atoms with Crippen LogP contribution in [0.3, 0.4) is 0 Å². The third-order valence-corrected chi connectivity index (χ3v) is 5.83. The summed E-state index contributed by atoms with van der Waals surface area (Å²) >= 11 is 0. The van der Waals surface area contributed by atoms with Gasteiger partial charge >= 0.3 is 0 Å². The molecule has 1 amide bonds. The Labute approximate surface area is 207 Å². The summed E-state index contributed by atoms with van der Waals surface area (Å²) in [6.45, 7) is 3.41. The molecule has 3 heterocycles. The number of aromatic nitrogens is 4. The number of hydrogen-bond donors (Lipinski definition) is 2. The number of carbonyl (C=O) groups is 1. The first kappa shape index (κ1) is 23.0. The normalized spacial score (nSPS) is 11.9. The van der Waals surface area contributed by atoms with Crippen molar-refractivity contribution in [3.63, 3.8) is 0 Å². The predicted octanol–water partition coefficient (Wildman–Crippen LogP) is 5.27. The van der Waals surface area contributed by atoms with Gasteiger partial charge in [-0.1, -0.05) is 42.5 Å². The van der Waals surface area contributed by atoms with Gasteiger partial charge in [-0.05, 0) is 44.2 Å². The number of benzene rings is 2. The topological polar surface area (TPSA) is 107 Å². The van der Waals surface area contributed by atoms with Crippen molar-refractivity contribution in [3.8, 4) is 22.5 Å². The molecule has 0 saturated carbocycles. The van der Waals surface area contributed by atoms with Crippen LogP contribution >= 0.6 is 0 Å². The Morgan fingerprint density at radius 2 is 1.69 bits per heavy atom. The van der Waals surface area contributed by atoms with Gasteiger partial charge in [-0.2, -0.15) is 0 Å². The minimum absolute atomic E-state index is 0.0255. The van der Waals surface area contributed by atoms with E-state index >= 15 is 0 Å². The van der Waals surface area contributed by atoms with Gasteiger partial charge in [0.05, 0.1) is 28.6 Å². The zero-order valence-corrected chi connectivity index (χ0v) is 19.7. The van der Waals surface area contributed by atoms with Crippen LogP contribution in [0.4, 0.5) is 10.2 Å². The van der Waals surface area contributed by atoms with Crippen molar-refractivity contribution in [1.82, 2.24) is 25.3 Å². The summed E-state index contributed by atoms with van der Waals surface area (Å²) in [5, 5.41) is 3.68. The highest BCUT2D eigenvalue weighted by Gasteiger charge is 2.23. The summed E-state index contributed by atoms with van der Waals surface area (Å²) in [4.78, 5) is 31.1. The molecular weight excluding hydrogens is 455 g/mol. The van der Waals surface area contributed by atoms with Gasteiger partial charge in [0.15, 0.2) is 11.5 Å². The Morgan fingerprint density at radius 3 is 2.50 bits per heavy atom. The molecule has 0 radical (unpaired) electrons. The molecule has 3 aromatic heterocycles. The van der Waals surface area contributed by atoms with E-state index in [-0.39, 0.29) is 17.2 Å². The van der Waals surface area contributed by atoms with Crippen molar-refractivity contribution in [2.75, 3.05) is 5.73 Å². The largest absolute Gasteiger partial charge is 0.382 e. The molecule has 5 aromatic rings. The molecule has 1 atom stereocenters. The lowest BCUT2D eigenvalue weighted by Crippen LogP contribution is -2.30. The number of nitrogen functional groups attached to an aromatic ring is 1. The van der Waals surface area contributed by atoms with Gasteiger partial charge < -0.3 is 11.1 Å². The lowest BCUT2D eigenvalue weighted by molar-refractivity contribution is 0.0934. The van der Waals surface area contributed by atoms with Crippen LogP contribution in [0.5, 0.6) is 0 Å². The van der Waals surface area contributed by atoms with Gasteiger partial charge in [0.2, 0.25) is 0 Å². The van der Waals surface area contributed by atoms with Crippen molar-refractivity contribution >= 4 is 22.6 Å². The molecule has 2 aromatic carbocycles. The Balaban J connectivity index is 1.59. The van der Waals surface area contributed by atoms with Crippen LogP contribution in [0.15, 0.2) is 79.0 Å². The van der Waals surface area contributed by atoms with Crippen molar-refractivity contribution < 1.29 is 9.18 Å². The van der Waals surface area contributed by atoms with Gasteiger partial charge in [-0.25, -0.2) is 14.4 Å². The number of halogens is 1. The Kier molecular flexibility index (Phi) is 6.08. The van der Waals surface area contributed by atoms with Crippen molar-refractivity contribution in [1.29, 1.82) is 0 Å². The Bertz CT molecular complexity index is 1590. The maximum absolute atomic E-state index is 14.3. The number of nitrogens with two attached hydrogens (primary N) is 1. The highest BCUT2D eigenvalue weighted by Crippen LogP contribution is 2.32. The van der Waals surface area contributed by atoms with Crippen LogP contribution in [0.2, 0.25) is 0 Å². The quantitative estimate of drug-likeness (QED) is 0.356.